The lowest BCUT2D eigenvalue weighted by Gasteiger charge is -2.19. The minimum atomic E-state index is -3.62. The van der Waals surface area contributed by atoms with Gasteiger partial charge in [-0.15, -0.1) is 0 Å². The topological polar surface area (TPSA) is 84.5 Å². The summed E-state index contributed by atoms with van der Waals surface area (Å²) in [6, 6.07) is 9.93. The van der Waals surface area contributed by atoms with Crippen molar-refractivity contribution in [3.63, 3.8) is 0 Å². The van der Waals surface area contributed by atoms with Gasteiger partial charge in [0.25, 0.3) is 5.91 Å². The number of aryl methyl sites for hydroxylation is 2. The Morgan fingerprint density at radius 3 is 2.42 bits per heavy atom. The van der Waals surface area contributed by atoms with E-state index in [2.05, 4.69) is 10.0 Å². The van der Waals surface area contributed by atoms with Crippen molar-refractivity contribution in [1.82, 2.24) is 10.0 Å². The number of carbonyl (C=O) groups excluding carboxylic acids is 1. The average Bonchev–Trinajstić information content (AvgIpc) is 2.61. The fourth-order valence-corrected chi connectivity index (χ4v) is 3.43. The Bertz CT molecular complexity index is 923. The van der Waals surface area contributed by atoms with E-state index in [1.54, 1.807) is 20.1 Å². The molecule has 0 aliphatic heterocycles. The summed E-state index contributed by atoms with van der Waals surface area (Å²) in [6.07, 6.45) is 0. The number of hydrogen-bond acceptors (Lipinski definition) is 4. The lowest BCUT2D eigenvalue weighted by molar-refractivity contribution is 0.0938. The second kappa shape index (κ2) is 7.88. The monoisotopic (exact) mass is 376 g/mol. The number of rotatable bonds is 6. The highest BCUT2D eigenvalue weighted by Crippen LogP contribution is 2.26. The van der Waals surface area contributed by atoms with Gasteiger partial charge in [-0.3, -0.25) is 4.79 Å². The molecular weight excluding hydrogens is 352 g/mol. The molecule has 0 aliphatic rings. The van der Waals surface area contributed by atoms with E-state index in [0.29, 0.717) is 16.9 Å². The van der Waals surface area contributed by atoms with Crippen molar-refractivity contribution in [3.05, 3.63) is 58.7 Å². The van der Waals surface area contributed by atoms with E-state index in [4.69, 9.17) is 4.74 Å². The maximum atomic E-state index is 12.7. The second-order valence-electron chi connectivity index (χ2n) is 6.12. The molecule has 0 saturated carbocycles. The van der Waals surface area contributed by atoms with Gasteiger partial charge in [0.2, 0.25) is 10.0 Å². The first-order valence-electron chi connectivity index (χ1n) is 8.19. The molecule has 1 unspecified atom stereocenters. The van der Waals surface area contributed by atoms with Crippen LogP contribution in [0.4, 0.5) is 0 Å². The average molecular weight is 376 g/mol. The normalized spacial score (nSPS) is 12.5. The quantitative estimate of drug-likeness (QED) is 0.812. The number of amides is 1. The number of carbonyl (C=O) groups is 1. The maximum absolute atomic E-state index is 12.7. The van der Waals surface area contributed by atoms with Crippen LogP contribution in [-0.2, 0) is 10.0 Å². The largest absolute Gasteiger partial charge is 0.496 e. The minimum Gasteiger partial charge on any atom is -0.496 e. The standard InChI is InChI=1S/C19H24N2O4S/c1-12-6-9-18(25-5)17(10-12)14(3)21-19(22)16-11-15(8-7-13(16)2)26(23,24)20-4/h6-11,14,20H,1-5H3,(H,21,22). The highest BCUT2D eigenvalue weighted by atomic mass is 32.2. The Morgan fingerprint density at radius 1 is 1.12 bits per heavy atom. The third kappa shape index (κ3) is 4.23. The van der Waals surface area contributed by atoms with E-state index in [1.807, 2.05) is 32.0 Å². The van der Waals surface area contributed by atoms with Crippen LogP contribution in [0.2, 0.25) is 0 Å². The highest BCUT2D eigenvalue weighted by Gasteiger charge is 2.19. The predicted octanol–water partition coefficient (Wildman–Crippen LogP) is 2.71. The number of ether oxygens (including phenoxy) is 1. The van der Waals surface area contributed by atoms with Crippen LogP contribution in [0.1, 0.15) is 40.0 Å². The van der Waals surface area contributed by atoms with E-state index in [-0.39, 0.29) is 16.8 Å². The molecule has 0 spiro atoms. The van der Waals surface area contributed by atoms with Crippen LogP contribution < -0.4 is 14.8 Å². The van der Waals surface area contributed by atoms with Crippen LogP contribution in [0.15, 0.2) is 41.3 Å². The summed E-state index contributed by atoms with van der Waals surface area (Å²) in [6.45, 7) is 5.59. The molecule has 2 N–H and O–H groups in total. The van der Waals surface area contributed by atoms with Crippen LogP contribution >= 0.6 is 0 Å². The van der Waals surface area contributed by atoms with Gasteiger partial charge in [0.1, 0.15) is 5.75 Å². The van der Waals surface area contributed by atoms with Gasteiger partial charge in [0.05, 0.1) is 18.0 Å². The molecule has 0 heterocycles. The molecule has 140 valence electrons. The maximum Gasteiger partial charge on any atom is 0.252 e. The Balaban J connectivity index is 2.33. The van der Waals surface area contributed by atoms with Gasteiger partial charge < -0.3 is 10.1 Å². The van der Waals surface area contributed by atoms with Crippen molar-refractivity contribution >= 4 is 15.9 Å². The van der Waals surface area contributed by atoms with Gasteiger partial charge in [0.15, 0.2) is 0 Å². The SMILES string of the molecule is CNS(=O)(=O)c1ccc(C)c(C(=O)NC(C)c2cc(C)ccc2OC)c1. The summed E-state index contributed by atoms with van der Waals surface area (Å²) in [5.74, 6) is 0.346. The Labute approximate surface area is 154 Å². The third-order valence-electron chi connectivity index (χ3n) is 4.23. The molecule has 2 aromatic rings. The number of nitrogens with one attached hydrogen (secondary N) is 2. The summed E-state index contributed by atoms with van der Waals surface area (Å²) in [7, 11) is -0.701. The van der Waals surface area contributed by atoms with E-state index in [9.17, 15) is 13.2 Å². The van der Waals surface area contributed by atoms with Gasteiger partial charge >= 0.3 is 0 Å². The molecule has 1 amide bonds. The molecule has 26 heavy (non-hydrogen) atoms. The van der Waals surface area contributed by atoms with Crippen LogP contribution in [0.3, 0.4) is 0 Å². The first-order chi connectivity index (χ1) is 12.2. The zero-order valence-electron chi connectivity index (χ0n) is 15.6. The van der Waals surface area contributed by atoms with E-state index >= 15 is 0 Å². The van der Waals surface area contributed by atoms with Crippen molar-refractivity contribution in [2.24, 2.45) is 0 Å². The zero-order valence-corrected chi connectivity index (χ0v) is 16.4. The Kier molecular flexibility index (Phi) is 6.05. The Hall–Kier alpha value is -2.38. The molecule has 0 aliphatic carbocycles. The van der Waals surface area contributed by atoms with Crippen LogP contribution in [-0.4, -0.2) is 28.5 Å². The van der Waals surface area contributed by atoms with Crippen molar-refractivity contribution in [2.75, 3.05) is 14.2 Å². The first kappa shape index (κ1) is 19.9. The molecule has 2 rings (SSSR count). The van der Waals surface area contributed by atoms with Gasteiger partial charge in [0, 0.05) is 11.1 Å². The second-order valence-corrected chi connectivity index (χ2v) is 8.01. The number of hydrogen-bond donors (Lipinski definition) is 2. The van der Waals surface area contributed by atoms with Crippen molar-refractivity contribution in [1.29, 1.82) is 0 Å². The zero-order chi connectivity index (χ0) is 19.5. The molecule has 0 saturated heterocycles. The first-order valence-corrected chi connectivity index (χ1v) is 9.67. The molecule has 1 atom stereocenters. The van der Waals surface area contributed by atoms with Crippen molar-refractivity contribution < 1.29 is 17.9 Å². The summed E-state index contributed by atoms with van der Waals surface area (Å²) in [5.41, 5.74) is 2.93. The number of benzene rings is 2. The summed E-state index contributed by atoms with van der Waals surface area (Å²) in [5, 5.41) is 2.92. The van der Waals surface area contributed by atoms with Crippen LogP contribution in [0.5, 0.6) is 5.75 Å². The van der Waals surface area contributed by atoms with E-state index in [0.717, 1.165) is 11.1 Å². The van der Waals surface area contributed by atoms with Gasteiger partial charge in [-0.2, -0.15) is 0 Å². The van der Waals surface area contributed by atoms with Gasteiger partial charge in [-0.05, 0) is 51.6 Å². The third-order valence-corrected chi connectivity index (χ3v) is 5.64. The fraction of sp³-hybridized carbons (Fsp3) is 0.316. The van der Waals surface area contributed by atoms with Crippen LogP contribution in [0.25, 0.3) is 0 Å². The van der Waals surface area contributed by atoms with Gasteiger partial charge in [-0.1, -0.05) is 23.8 Å². The van der Waals surface area contributed by atoms with Crippen molar-refractivity contribution in [2.45, 2.75) is 31.7 Å². The van der Waals surface area contributed by atoms with Crippen molar-refractivity contribution in [3.8, 4) is 5.75 Å². The molecule has 0 aromatic heterocycles. The van der Waals surface area contributed by atoms with Gasteiger partial charge in [-0.25, -0.2) is 13.1 Å². The molecule has 0 bridgehead atoms. The van der Waals surface area contributed by atoms with E-state index in [1.165, 1.54) is 19.2 Å². The molecule has 0 fully saturated rings. The highest BCUT2D eigenvalue weighted by molar-refractivity contribution is 7.89. The summed E-state index contributed by atoms with van der Waals surface area (Å²) < 4.78 is 31.6. The summed E-state index contributed by atoms with van der Waals surface area (Å²) in [4.78, 5) is 12.8. The molecule has 7 heteroatoms. The van der Waals surface area contributed by atoms with Crippen LogP contribution in [0, 0.1) is 13.8 Å². The molecule has 2 aromatic carbocycles. The summed E-state index contributed by atoms with van der Waals surface area (Å²) >= 11 is 0. The smallest absolute Gasteiger partial charge is 0.252 e. The molecular formula is C19H24N2O4S. The number of sulfonamides is 1. The number of methoxy groups -OCH3 is 1. The lowest BCUT2D eigenvalue weighted by atomic mass is 10.0. The minimum absolute atomic E-state index is 0.0524. The van der Waals surface area contributed by atoms with E-state index < -0.39 is 10.0 Å². The molecule has 6 nitrogen and oxygen atoms in total. The molecule has 0 radical (unpaired) electrons. The Morgan fingerprint density at radius 2 is 1.81 bits per heavy atom. The predicted molar refractivity (Wildman–Crippen MR) is 101 cm³/mol. The lowest BCUT2D eigenvalue weighted by Crippen LogP contribution is -2.28. The fourth-order valence-electron chi connectivity index (χ4n) is 2.68.